The number of β-amino-alcohol motifs (C(OH)–C–C–N with tert-alkyl or cyclic N) is 1. The molecular formula is C24H32N6O3. The number of likely N-dealkylation sites (tertiary alicyclic amines) is 2. The van der Waals surface area contributed by atoms with Gasteiger partial charge < -0.3 is 19.6 Å². The Morgan fingerprint density at radius 2 is 1.85 bits per heavy atom. The molecule has 2 saturated heterocycles. The summed E-state index contributed by atoms with van der Waals surface area (Å²) in [6, 6.07) is 5.93. The van der Waals surface area contributed by atoms with E-state index in [0.717, 1.165) is 79.9 Å². The van der Waals surface area contributed by atoms with Crippen molar-refractivity contribution in [1.29, 1.82) is 0 Å². The molecule has 1 atom stereocenters. The maximum Gasteiger partial charge on any atom is 0.335 e. The third-order valence-electron chi connectivity index (χ3n) is 7.86. The summed E-state index contributed by atoms with van der Waals surface area (Å²) in [6.45, 7) is 9.01. The summed E-state index contributed by atoms with van der Waals surface area (Å²) in [5.41, 5.74) is 5.12. The largest absolute Gasteiger partial charge is 0.456 e. The molecule has 1 N–H and O–H groups in total. The lowest BCUT2D eigenvalue weighted by molar-refractivity contribution is -0.136. The van der Waals surface area contributed by atoms with Crippen LogP contribution in [0.15, 0.2) is 35.8 Å². The molecule has 176 valence electrons. The van der Waals surface area contributed by atoms with E-state index in [1.807, 2.05) is 32.0 Å². The van der Waals surface area contributed by atoms with Crippen LogP contribution in [-0.2, 0) is 9.53 Å². The number of nitrogens with zero attached hydrogens (tertiary/aromatic N) is 6. The van der Waals surface area contributed by atoms with Gasteiger partial charge in [0.1, 0.15) is 12.9 Å². The summed E-state index contributed by atoms with van der Waals surface area (Å²) >= 11 is 0. The highest BCUT2D eigenvalue weighted by molar-refractivity contribution is 5.90. The minimum atomic E-state index is -0.515. The average Bonchev–Trinajstić information content (AvgIpc) is 3.47. The van der Waals surface area contributed by atoms with Crippen molar-refractivity contribution in [3.8, 4) is 5.69 Å². The predicted molar refractivity (Wildman–Crippen MR) is 121 cm³/mol. The topological polar surface area (TPSA) is 96.6 Å². The number of esters is 1. The van der Waals surface area contributed by atoms with Crippen LogP contribution in [-0.4, -0.2) is 80.4 Å². The second-order valence-electron chi connectivity index (χ2n) is 9.75. The molecule has 0 radical (unpaired) electrons. The fourth-order valence-corrected chi connectivity index (χ4v) is 5.56. The first kappa shape index (κ1) is 22.0. The number of carbonyl (C=O) groups excluding carboxylic acids is 1. The van der Waals surface area contributed by atoms with Crippen LogP contribution in [0.3, 0.4) is 0 Å². The van der Waals surface area contributed by atoms with Crippen molar-refractivity contribution in [2.24, 2.45) is 5.41 Å². The lowest BCUT2D eigenvalue weighted by Gasteiger charge is -2.47. The van der Waals surface area contributed by atoms with Crippen molar-refractivity contribution < 1.29 is 14.6 Å². The number of aryl methyl sites for hydroxylation is 1. The van der Waals surface area contributed by atoms with Crippen molar-refractivity contribution in [1.82, 2.24) is 30.0 Å². The highest BCUT2D eigenvalue weighted by Gasteiger charge is 2.39. The second kappa shape index (κ2) is 8.87. The third-order valence-corrected chi connectivity index (χ3v) is 7.86. The zero-order valence-electron chi connectivity index (χ0n) is 19.4. The van der Waals surface area contributed by atoms with Gasteiger partial charge >= 0.3 is 5.97 Å². The summed E-state index contributed by atoms with van der Waals surface area (Å²) in [6.07, 6.45) is 5.70. The normalized spacial score (nSPS) is 22.2. The second-order valence-corrected chi connectivity index (χ2v) is 9.75. The minimum absolute atomic E-state index is 0.169. The highest BCUT2D eigenvalue weighted by atomic mass is 16.5. The number of aromatic nitrogens is 4. The van der Waals surface area contributed by atoms with Crippen LogP contribution in [0.25, 0.3) is 5.69 Å². The Balaban J connectivity index is 1.14. The van der Waals surface area contributed by atoms with Crippen molar-refractivity contribution >= 4 is 5.97 Å². The van der Waals surface area contributed by atoms with Gasteiger partial charge in [-0.2, -0.15) is 0 Å². The van der Waals surface area contributed by atoms with Crippen LogP contribution < -0.4 is 0 Å². The molecule has 9 heteroatoms. The summed E-state index contributed by atoms with van der Waals surface area (Å²) < 4.78 is 6.81. The molecular weight excluding hydrogens is 420 g/mol. The van der Waals surface area contributed by atoms with Crippen LogP contribution >= 0.6 is 0 Å². The van der Waals surface area contributed by atoms with E-state index in [1.165, 1.54) is 0 Å². The fourth-order valence-electron chi connectivity index (χ4n) is 5.56. The number of hydrogen-bond acceptors (Lipinski definition) is 8. The summed E-state index contributed by atoms with van der Waals surface area (Å²) in [5.74, 6) is -0.169. The lowest BCUT2D eigenvalue weighted by Crippen LogP contribution is -2.47. The Hall–Kier alpha value is -2.78. The number of tetrazole rings is 1. The number of aliphatic hydroxyl groups excluding tert-OH is 1. The average molecular weight is 453 g/mol. The van der Waals surface area contributed by atoms with E-state index < -0.39 is 6.10 Å². The molecule has 3 aliphatic heterocycles. The van der Waals surface area contributed by atoms with Gasteiger partial charge in [0.2, 0.25) is 0 Å². The summed E-state index contributed by atoms with van der Waals surface area (Å²) in [4.78, 5) is 16.4. The number of hydrogen-bond donors (Lipinski definition) is 1. The van der Waals surface area contributed by atoms with E-state index in [1.54, 1.807) is 11.0 Å². The van der Waals surface area contributed by atoms with Crippen molar-refractivity contribution in [2.75, 3.05) is 39.3 Å². The van der Waals surface area contributed by atoms with Crippen molar-refractivity contribution in [3.05, 3.63) is 46.9 Å². The van der Waals surface area contributed by atoms with E-state index in [9.17, 15) is 9.90 Å². The Bertz CT molecular complexity index is 1030. The van der Waals surface area contributed by atoms with E-state index in [-0.39, 0.29) is 5.97 Å². The zero-order valence-corrected chi connectivity index (χ0v) is 19.4. The molecule has 0 amide bonds. The zero-order chi connectivity index (χ0) is 23.0. The standard InChI is InChI=1S/C24H32N6O3/c1-17-13-19(30-16-25-26-27-30)3-4-20(17)22(31)14-28-9-5-24(6-10-28)7-11-29(12-8-24)21-15-33-23(32)18(21)2/h3-4,13,16,22,31H,5-12,14-15H2,1-2H3/t22-/m1/s1. The minimum Gasteiger partial charge on any atom is -0.456 e. The van der Waals surface area contributed by atoms with E-state index >= 15 is 0 Å². The molecule has 1 aromatic carbocycles. The quantitative estimate of drug-likeness (QED) is 0.689. The summed E-state index contributed by atoms with van der Waals surface area (Å²) in [7, 11) is 0. The smallest absolute Gasteiger partial charge is 0.335 e. The molecule has 2 fully saturated rings. The highest BCUT2D eigenvalue weighted by Crippen LogP contribution is 2.42. The Kier molecular flexibility index (Phi) is 5.92. The molecule has 2 aromatic rings. The number of piperidine rings is 2. The molecule has 0 aliphatic carbocycles. The van der Waals surface area contributed by atoms with Gasteiger partial charge in [-0.3, -0.25) is 0 Å². The van der Waals surface area contributed by atoms with Gasteiger partial charge in [-0.05, 0) is 91.7 Å². The van der Waals surface area contributed by atoms with Crippen LogP contribution in [0, 0.1) is 12.3 Å². The van der Waals surface area contributed by atoms with Gasteiger partial charge in [0, 0.05) is 19.6 Å². The number of benzene rings is 1. The maximum atomic E-state index is 11.7. The van der Waals surface area contributed by atoms with Gasteiger partial charge in [0.25, 0.3) is 0 Å². The molecule has 0 bridgehead atoms. The lowest BCUT2D eigenvalue weighted by atomic mass is 9.71. The van der Waals surface area contributed by atoms with Crippen LogP contribution in [0.4, 0.5) is 0 Å². The molecule has 1 spiro atoms. The number of aliphatic hydroxyl groups is 1. The van der Waals surface area contributed by atoms with E-state index in [0.29, 0.717) is 18.6 Å². The number of ether oxygens (including phenoxy) is 1. The Labute approximate surface area is 194 Å². The molecule has 5 rings (SSSR count). The van der Waals surface area contributed by atoms with E-state index in [2.05, 4.69) is 25.3 Å². The van der Waals surface area contributed by atoms with Gasteiger partial charge in [-0.15, -0.1) is 5.10 Å². The van der Waals surface area contributed by atoms with Crippen molar-refractivity contribution in [2.45, 2.75) is 45.6 Å². The molecule has 33 heavy (non-hydrogen) atoms. The van der Waals surface area contributed by atoms with Gasteiger partial charge in [-0.25, -0.2) is 9.48 Å². The molecule has 4 heterocycles. The predicted octanol–water partition coefficient (Wildman–Crippen LogP) is 2.01. The summed E-state index contributed by atoms with van der Waals surface area (Å²) in [5, 5.41) is 22.2. The SMILES string of the molecule is CC1=C(N2CCC3(CCN(C[C@@H](O)c4ccc(-n5cnnn5)cc4C)CC3)CC2)COC1=O. The molecule has 0 saturated carbocycles. The Morgan fingerprint density at radius 1 is 1.12 bits per heavy atom. The first-order valence-corrected chi connectivity index (χ1v) is 11.8. The third kappa shape index (κ3) is 4.39. The van der Waals surface area contributed by atoms with Gasteiger partial charge in [0.05, 0.1) is 23.1 Å². The monoisotopic (exact) mass is 452 g/mol. The number of rotatable bonds is 5. The maximum absolute atomic E-state index is 11.7. The molecule has 1 aromatic heterocycles. The van der Waals surface area contributed by atoms with Crippen LogP contribution in [0.1, 0.15) is 49.8 Å². The van der Waals surface area contributed by atoms with Gasteiger partial charge in [0.15, 0.2) is 0 Å². The fraction of sp³-hybridized carbons (Fsp3) is 0.583. The molecule has 9 nitrogen and oxygen atoms in total. The van der Waals surface area contributed by atoms with E-state index in [4.69, 9.17) is 4.74 Å². The Morgan fingerprint density at radius 3 is 2.45 bits per heavy atom. The van der Waals surface area contributed by atoms with Gasteiger partial charge in [-0.1, -0.05) is 6.07 Å². The first-order chi connectivity index (χ1) is 15.9. The van der Waals surface area contributed by atoms with Crippen LogP contribution in [0.5, 0.6) is 0 Å². The molecule has 0 unspecified atom stereocenters. The van der Waals surface area contributed by atoms with Crippen LogP contribution in [0.2, 0.25) is 0 Å². The van der Waals surface area contributed by atoms with Crippen molar-refractivity contribution in [3.63, 3.8) is 0 Å². The molecule has 3 aliphatic rings. The number of cyclic esters (lactones) is 1. The first-order valence-electron chi connectivity index (χ1n) is 11.8. The number of carbonyl (C=O) groups is 1.